The molecule has 78 valence electrons. The molecule has 0 aliphatic carbocycles. The molecule has 3 nitrogen and oxygen atoms in total. The van der Waals surface area contributed by atoms with Crippen LogP contribution in [0.4, 0.5) is 0 Å². The summed E-state index contributed by atoms with van der Waals surface area (Å²) in [6, 6.07) is 0. The number of halogens is 1. The molecule has 1 rings (SSSR count). The van der Waals surface area contributed by atoms with E-state index in [-0.39, 0.29) is 0 Å². The lowest BCUT2D eigenvalue weighted by Gasteiger charge is -2.02. The highest BCUT2D eigenvalue weighted by molar-refractivity contribution is 6.25. The second kappa shape index (κ2) is 5.83. The minimum Gasteiger partial charge on any atom is -0.313 e. The van der Waals surface area contributed by atoms with E-state index in [0.717, 1.165) is 25.1 Å². The summed E-state index contributed by atoms with van der Waals surface area (Å²) in [4.78, 5) is 0. The molecule has 1 N–H and O–H groups in total. The van der Waals surface area contributed by atoms with Gasteiger partial charge in [0.05, 0.1) is 6.20 Å². The SMILES string of the molecule is CC(=CCl)CNCCc1cnn(C)c1. The van der Waals surface area contributed by atoms with Crippen LogP contribution < -0.4 is 5.32 Å². The molecule has 4 heteroatoms. The first-order valence-electron chi connectivity index (χ1n) is 4.66. The van der Waals surface area contributed by atoms with Gasteiger partial charge in [0, 0.05) is 25.3 Å². The maximum Gasteiger partial charge on any atom is 0.0522 e. The average molecular weight is 214 g/mol. The van der Waals surface area contributed by atoms with Crippen LogP contribution in [-0.2, 0) is 13.5 Å². The monoisotopic (exact) mass is 213 g/mol. The van der Waals surface area contributed by atoms with Crippen molar-refractivity contribution in [2.24, 2.45) is 7.05 Å². The minimum atomic E-state index is 0.851. The first kappa shape index (κ1) is 11.3. The molecule has 0 radical (unpaired) electrons. The van der Waals surface area contributed by atoms with Crippen LogP contribution >= 0.6 is 11.6 Å². The van der Waals surface area contributed by atoms with E-state index in [1.54, 1.807) is 5.54 Å². The summed E-state index contributed by atoms with van der Waals surface area (Å²) in [5, 5.41) is 7.41. The zero-order valence-corrected chi connectivity index (χ0v) is 9.38. The number of hydrogen-bond donors (Lipinski definition) is 1. The highest BCUT2D eigenvalue weighted by Gasteiger charge is 1.95. The Morgan fingerprint density at radius 3 is 3.07 bits per heavy atom. The summed E-state index contributed by atoms with van der Waals surface area (Å²) in [7, 11) is 1.93. The van der Waals surface area contributed by atoms with Crippen molar-refractivity contribution in [3.8, 4) is 0 Å². The van der Waals surface area contributed by atoms with Crippen LogP contribution in [0.3, 0.4) is 0 Å². The van der Waals surface area contributed by atoms with Crippen molar-refractivity contribution in [1.29, 1.82) is 0 Å². The van der Waals surface area contributed by atoms with Gasteiger partial charge in [-0.2, -0.15) is 5.10 Å². The van der Waals surface area contributed by atoms with Crippen molar-refractivity contribution >= 4 is 11.6 Å². The minimum absolute atomic E-state index is 0.851. The van der Waals surface area contributed by atoms with Crippen molar-refractivity contribution in [3.63, 3.8) is 0 Å². The largest absolute Gasteiger partial charge is 0.313 e. The number of nitrogens with one attached hydrogen (secondary N) is 1. The molecule has 0 spiro atoms. The Bertz CT molecular complexity index is 304. The van der Waals surface area contributed by atoms with Gasteiger partial charge in [-0.3, -0.25) is 4.68 Å². The fourth-order valence-corrected chi connectivity index (χ4v) is 1.23. The van der Waals surface area contributed by atoms with Crippen LogP contribution in [0, 0.1) is 0 Å². The van der Waals surface area contributed by atoms with Crippen LogP contribution in [0.15, 0.2) is 23.5 Å². The summed E-state index contributed by atoms with van der Waals surface area (Å²) in [6.45, 7) is 3.81. The van der Waals surface area contributed by atoms with Crippen LogP contribution in [0.2, 0.25) is 0 Å². The Balaban J connectivity index is 2.16. The van der Waals surface area contributed by atoms with E-state index in [9.17, 15) is 0 Å². The first-order valence-corrected chi connectivity index (χ1v) is 5.10. The van der Waals surface area contributed by atoms with Gasteiger partial charge in [0.25, 0.3) is 0 Å². The van der Waals surface area contributed by atoms with E-state index in [1.165, 1.54) is 5.56 Å². The van der Waals surface area contributed by atoms with Gasteiger partial charge >= 0.3 is 0 Å². The lowest BCUT2D eigenvalue weighted by molar-refractivity contribution is 0.726. The average Bonchev–Trinajstić information content (AvgIpc) is 2.58. The van der Waals surface area contributed by atoms with Gasteiger partial charge in [-0.1, -0.05) is 11.6 Å². The van der Waals surface area contributed by atoms with Gasteiger partial charge in [0.15, 0.2) is 0 Å². The van der Waals surface area contributed by atoms with Crippen LogP contribution in [0.1, 0.15) is 12.5 Å². The molecule has 0 saturated carbocycles. The molecule has 0 amide bonds. The molecule has 0 aromatic carbocycles. The molecule has 1 aromatic rings. The Labute approximate surface area is 89.8 Å². The third kappa shape index (κ3) is 3.94. The standard InChI is InChI=1S/C10H16ClN3/c1-9(5-11)6-12-4-3-10-7-13-14(2)8-10/h5,7-8,12H,3-4,6H2,1-2H3. The van der Waals surface area contributed by atoms with E-state index in [0.29, 0.717) is 0 Å². The first-order chi connectivity index (χ1) is 6.72. The van der Waals surface area contributed by atoms with Crippen molar-refractivity contribution in [2.45, 2.75) is 13.3 Å². The molecule has 1 aromatic heterocycles. The fourth-order valence-electron chi connectivity index (χ4n) is 1.16. The summed E-state index contributed by atoms with van der Waals surface area (Å²) in [5.41, 5.74) is 4.02. The number of aryl methyl sites for hydroxylation is 1. The Hall–Kier alpha value is -0.800. The third-order valence-electron chi connectivity index (χ3n) is 1.94. The van der Waals surface area contributed by atoms with Gasteiger partial charge in [-0.05, 0) is 31.0 Å². The summed E-state index contributed by atoms with van der Waals surface area (Å²) >= 11 is 5.54. The molecular formula is C10H16ClN3. The molecule has 0 bridgehead atoms. The Morgan fingerprint density at radius 1 is 1.71 bits per heavy atom. The van der Waals surface area contributed by atoms with Crippen molar-refractivity contribution in [2.75, 3.05) is 13.1 Å². The van der Waals surface area contributed by atoms with E-state index < -0.39 is 0 Å². The lowest BCUT2D eigenvalue weighted by Crippen LogP contribution is -2.18. The highest BCUT2D eigenvalue weighted by Crippen LogP contribution is 1.97. The number of rotatable bonds is 5. The zero-order valence-electron chi connectivity index (χ0n) is 8.63. The molecule has 0 unspecified atom stereocenters. The summed E-state index contributed by atoms with van der Waals surface area (Å²) in [6.07, 6.45) is 4.93. The van der Waals surface area contributed by atoms with Crippen LogP contribution in [0.25, 0.3) is 0 Å². The molecule has 14 heavy (non-hydrogen) atoms. The Kier molecular flexibility index (Phi) is 4.70. The molecule has 0 saturated heterocycles. The van der Waals surface area contributed by atoms with Gasteiger partial charge in [0.1, 0.15) is 0 Å². The van der Waals surface area contributed by atoms with Crippen LogP contribution in [0.5, 0.6) is 0 Å². The van der Waals surface area contributed by atoms with Gasteiger partial charge in [0.2, 0.25) is 0 Å². The third-order valence-corrected chi connectivity index (χ3v) is 2.31. The Morgan fingerprint density at radius 2 is 2.50 bits per heavy atom. The van der Waals surface area contributed by atoms with Gasteiger partial charge in [-0.25, -0.2) is 0 Å². The highest BCUT2D eigenvalue weighted by atomic mass is 35.5. The number of hydrogen-bond acceptors (Lipinski definition) is 2. The number of nitrogens with zero attached hydrogens (tertiary/aromatic N) is 2. The van der Waals surface area contributed by atoms with Crippen molar-refractivity contribution < 1.29 is 0 Å². The predicted molar refractivity (Wildman–Crippen MR) is 59.4 cm³/mol. The van der Waals surface area contributed by atoms with Gasteiger partial charge in [-0.15, -0.1) is 0 Å². The van der Waals surface area contributed by atoms with E-state index in [1.807, 2.05) is 31.0 Å². The fraction of sp³-hybridized carbons (Fsp3) is 0.500. The van der Waals surface area contributed by atoms with E-state index in [2.05, 4.69) is 10.4 Å². The molecule has 1 heterocycles. The lowest BCUT2D eigenvalue weighted by atomic mass is 10.2. The normalized spacial score (nSPS) is 12.1. The molecule has 0 aliphatic rings. The smallest absolute Gasteiger partial charge is 0.0522 e. The quantitative estimate of drug-likeness (QED) is 0.755. The maximum absolute atomic E-state index is 5.54. The second-order valence-corrected chi connectivity index (χ2v) is 3.62. The maximum atomic E-state index is 5.54. The summed E-state index contributed by atoms with van der Waals surface area (Å²) < 4.78 is 1.82. The van der Waals surface area contributed by atoms with Crippen LogP contribution in [-0.4, -0.2) is 22.9 Å². The molecule has 0 fully saturated rings. The second-order valence-electron chi connectivity index (χ2n) is 3.40. The molecule has 0 atom stereocenters. The van der Waals surface area contributed by atoms with E-state index >= 15 is 0 Å². The van der Waals surface area contributed by atoms with Crippen molar-refractivity contribution in [3.05, 3.63) is 29.1 Å². The zero-order chi connectivity index (χ0) is 10.4. The summed E-state index contributed by atoms with van der Waals surface area (Å²) in [5.74, 6) is 0. The van der Waals surface area contributed by atoms with E-state index in [4.69, 9.17) is 11.6 Å². The van der Waals surface area contributed by atoms with Crippen molar-refractivity contribution in [1.82, 2.24) is 15.1 Å². The number of aromatic nitrogens is 2. The predicted octanol–water partition coefficient (Wildman–Crippen LogP) is 1.69. The topological polar surface area (TPSA) is 29.9 Å². The molecular weight excluding hydrogens is 198 g/mol. The van der Waals surface area contributed by atoms with Gasteiger partial charge < -0.3 is 5.32 Å². The molecule has 0 aliphatic heterocycles.